The Morgan fingerprint density at radius 1 is 1.29 bits per heavy atom. The molecule has 0 saturated carbocycles. The van der Waals surface area contributed by atoms with Gasteiger partial charge in [-0.05, 0) is 37.3 Å². The van der Waals surface area contributed by atoms with E-state index in [9.17, 15) is 4.79 Å². The van der Waals surface area contributed by atoms with Crippen molar-refractivity contribution in [3.63, 3.8) is 0 Å². The molecule has 2 aromatic heterocycles. The zero-order chi connectivity index (χ0) is 19.9. The largest absolute Gasteiger partial charge is 0.383 e. The Bertz CT molecular complexity index is 935. The van der Waals surface area contributed by atoms with Crippen molar-refractivity contribution in [2.75, 3.05) is 19.0 Å². The summed E-state index contributed by atoms with van der Waals surface area (Å²) in [6.45, 7) is 2.91. The number of rotatable bonds is 8. The molecule has 0 aliphatic carbocycles. The van der Waals surface area contributed by atoms with Crippen LogP contribution in [0.2, 0.25) is 5.02 Å². The van der Waals surface area contributed by atoms with Crippen LogP contribution in [0, 0.1) is 0 Å². The molecular weight excluding hydrogens is 398 g/mol. The standard InChI is InChI=1S/C19H20ClN5O2S/c1-13(18(26)22-16-5-3-4-15(20)12-16)28-19-24-23-17(25(19)10-11-27-2)14-6-8-21-9-7-14/h3-9,12-13H,10-11H2,1-2H3,(H,22,26). The second-order valence-electron chi connectivity index (χ2n) is 5.95. The lowest BCUT2D eigenvalue weighted by molar-refractivity contribution is -0.115. The van der Waals surface area contributed by atoms with Gasteiger partial charge >= 0.3 is 0 Å². The fourth-order valence-electron chi connectivity index (χ4n) is 2.50. The van der Waals surface area contributed by atoms with E-state index in [4.69, 9.17) is 16.3 Å². The number of methoxy groups -OCH3 is 1. The van der Waals surface area contributed by atoms with Gasteiger partial charge in [0.1, 0.15) is 0 Å². The topological polar surface area (TPSA) is 81.9 Å². The van der Waals surface area contributed by atoms with E-state index in [1.165, 1.54) is 11.8 Å². The maximum absolute atomic E-state index is 12.6. The number of ether oxygens (including phenoxy) is 1. The van der Waals surface area contributed by atoms with Crippen LogP contribution in [0.25, 0.3) is 11.4 Å². The van der Waals surface area contributed by atoms with E-state index in [0.717, 1.165) is 5.56 Å². The van der Waals surface area contributed by atoms with Crippen LogP contribution in [0.3, 0.4) is 0 Å². The average Bonchev–Trinajstić information content (AvgIpc) is 3.09. The van der Waals surface area contributed by atoms with E-state index >= 15 is 0 Å². The molecule has 7 nitrogen and oxygen atoms in total. The maximum atomic E-state index is 12.6. The summed E-state index contributed by atoms with van der Waals surface area (Å²) < 4.78 is 7.16. The molecule has 28 heavy (non-hydrogen) atoms. The highest BCUT2D eigenvalue weighted by atomic mass is 35.5. The van der Waals surface area contributed by atoms with Crippen LogP contribution in [0.4, 0.5) is 5.69 Å². The second kappa shape index (κ2) is 9.68. The SMILES string of the molecule is COCCn1c(SC(C)C(=O)Nc2cccc(Cl)c2)nnc1-c1ccncc1. The van der Waals surface area contributed by atoms with Crippen molar-refractivity contribution in [3.05, 3.63) is 53.8 Å². The smallest absolute Gasteiger partial charge is 0.237 e. The maximum Gasteiger partial charge on any atom is 0.237 e. The second-order valence-corrected chi connectivity index (χ2v) is 7.69. The van der Waals surface area contributed by atoms with Crippen LogP contribution in [-0.4, -0.2) is 44.6 Å². The van der Waals surface area contributed by atoms with Gasteiger partial charge < -0.3 is 10.1 Å². The third kappa shape index (κ3) is 5.09. The van der Waals surface area contributed by atoms with Crippen LogP contribution in [0.5, 0.6) is 0 Å². The van der Waals surface area contributed by atoms with Crippen LogP contribution in [0.1, 0.15) is 6.92 Å². The summed E-state index contributed by atoms with van der Waals surface area (Å²) in [6, 6.07) is 10.8. The molecule has 3 aromatic rings. The lowest BCUT2D eigenvalue weighted by Gasteiger charge is -2.14. The predicted octanol–water partition coefficient (Wildman–Crippen LogP) is 3.76. The Labute approximate surface area is 172 Å². The molecule has 2 heterocycles. The number of thioether (sulfide) groups is 1. The predicted molar refractivity (Wildman–Crippen MR) is 111 cm³/mol. The van der Waals surface area contributed by atoms with Crippen LogP contribution >= 0.6 is 23.4 Å². The summed E-state index contributed by atoms with van der Waals surface area (Å²) in [5.41, 5.74) is 1.56. The van der Waals surface area contributed by atoms with Crippen LogP contribution < -0.4 is 5.32 Å². The molecule has 0 bridgehead atoms. The van der Waals surface area contributed by atoms with E-state index in [1.807, 2.05) is 23.6 Å². The van der Waals surface area contributed by atoms with Crippen molar-refractivity contribution in [1.82, 2.24) is 19.7 Å². The van der Waals surface area contributed by atoms with Gasteiger partial charge in [0.05, 0.1) is 18.4 Å². The van der Waals surface area contributed by atoms with Crippen LogP contribution in [0.15, 0.2) is 53.9 Å². The highest BCUT2D eigenvalue weighted by Gasteiger charge is 2.21. The Morgan fingerprint density at radius 2 is 2.07 bits per heavy atom. The third-order valence-corrected chi connectivity index (χ3v) is 5.23. The molecule has 1 atom stereocenters. The summed E-state index contributed by atoms with van der Waals surface area (Å²) in [7, 11) is 1.64. The number of benzene rings is 1. The molecule has 1 amide bonds. The van der Waals surface area contributed by atoms with Crippen molar-refractivity contribution < 1.29 is 9.53 Å². The summed E-state index contributed by atoms with van der Waals surface area (Å²) in [5, 5.41) is 12.3. The molecule has 1 unspecified atom stereocenters. The molecule has 0 aliphatic rings. The first-order chi connectivity index (χ1) is 13.6. The van der Waals surface area contributed by atoms with Crippen molar-refractivity contribution in [1.29, 1.82) is 0 Å². The first-order valence-corrected chi connectivity index (χ1v) is 9.90. The highest BCUT2D eigenvalue weighted by molar-refractivity contribution is 8.00. The molecule has 0 spiro atoms. The fraction of sp³-hybridized carbons (Fsp3) is 0.263. The minimum Gasteiger partial charge on any atom is -0.383 e. The molecule has 146 valence electrons. The number of hydrogen-bond donors (Lipinski definition) is 1. The number of halogens is 1. The molecule has 3 rings (SSSR count). The van der Waals surface area contributed by atoms with Gasteiger partial charge in [-0.2, -0.15) is 0 Å². The first kappa shape index (κ1) is 20.3. The van der Waals surface area contributed by atoms with Gasteiger partial charge in [0.15, 0.2) is 11.0 Å². The van der Waals surface area contributed by atoms with Gasteiger partial charge in [-0.15, -0.1) is 10.2 Å². The molecule has 0 radical (unpaired) electrons. The normalized spacial score (nSPS) is 12.0. The molecule has 9 heteroatoms. The minimum absolute atomic E-state index is 0.140. The summed E-state index contributed by atoms with van der Waals surface area (Å²) >= 11 is 7.31. The van der Waals surface area contributed by atoms with Crippen LogP contribution in [-0.2, 0) is 16.1 Å². The highest BCUT2D eigenvalue weighted by Crippen LogP contribution is 2.27. The van der Waals surface area contributed by atoms with E-state index in [-0.39, 0.29) is 11.2 Å². The Kier molecular flexibility index (Phi) is 7.02. The number of carbonyl (C=O) groups is 1. The van der Waals surface area contributed by atoms with Gasteiger partial charge in [-0.3, -0.25) is 14.3 Å². The monoisotopic (exact) mass is 417 g/mol. The molecule has 0 fully saturated rings. The zero-order valence-corrected chi connectivity index (χ0v) is 17.1. The van der Waals surface area contributed by atoms with Gasteiger partial charge in [0.25, 0.3) is 0 Å². The lowest BCUT2D eigenvalue weighted by Crippen LogP contribution is -2.23. The van der Waals surface area contributed by atoms with E-state index in [1.54, 1.807) is 43.8 Å². The number of anilines is 1. The molecule has 1 N–H and O–H groups in total. The number of carbonyl (C=O) groups excluding carboxylic acids is 1. The Balaban J connectivity index is 1.77. The van der Waals surface area contributed by atoms with Crippen molar-refractivity contribution >= 4 is 35.0 Å². The summed E-state index contributed by atoms with van der Waals surface area (Å²) in [5.74, 6) is 0.573. The number of nitrogens with one attached hydrogen (secondary N) is 1. The first-order valence-electron chi connectivity index (χ1n) is 8.64. The summed E-state index contributed by atoms with van der Waals surface area (Å²) in [4.78, 5) is 16.6. The third-order valence-electron chi connectivity index (χ3n) is 3.92. The van der Waals surface area contributed by atoms with Crippen molar-refractivity contribution in [2.45, 2.75) is 23.9 Å². The molecule has 1 aromatic carbocycles. The zero-order valence-electron chi connectivity index (χ0n) is 15.5. The van der Waals surface area contributed by atoms with Gasteiger partial charge in [0.2, 0.25) is 5.91 Å². The number of hydrogen-bond acceptors (Lipinski definition) is 6. The van der Waals surface area contributed by atoms with E-state index < -0.39 is 0 Å². The number of aromatic nitrogens is 4. The molecule has 0 saturated heterocycles. The quantitative estimate of drug-likeness (QED) is 0.562. The Morgan fingerprint density at radius 3 is 2.79 bits per heavy atom. The number of pyridine rings is 1. The lowest BCUT2D eigenvalue weighted by atomic mass is 10.2. The fourth-order valence-corrected chi connectivity index (χ4v) is 3.56. The van der Waals surface area contributed by atoms with Crippen molar-refractivity contribution in [2.24, 2.45) is 0 Å². The number of amides is 1. The molecular formula is C19H20ClN5O2S. The Hall–Kier alpha value is -2.42. The van der Waals surface area contributed by atoms with Gasteiger partial charge in [-0.25, -0.2) is 0 Å². The minimum atomic E-state index is -0.380. The van der Waals surface area contributed by atoms with Crippen molar-refractivity contribution in [3.8, 4) is 11.4 Å². The van der Waals surface area contributed by atoms with Gasteiger partial charge in [0, 0.05) is 35.8 Å². The average molecular weight is 418 g/mol. The summed E-state index contributed by atoms with van der Waals surface area (Å²) in [6.07, 6.45) is 3.41. The number of nitrogens with zero attached hydrogens (tertiary/aromatic N) is 4. The van der Waals surface area contributed by atoms with E-state index in [2.05, 4.69) is 20.5 Å². The molecule has 0 aliphatic heterocycles. The van der Waals surface area contributed by atoms with Gasteiger partial charge in [-0.1, -0.05) is 29.4 Å². The van der Waals surface area contributed by atoms with E-state index in [0.29, 0.717) is 34.8 Å².